The van der Waals surface area contributed by atoms with Gasteiger partial charge in [0.15, 0.2) is 0 Å². The van der Waals surface area contributed by atoms with E-state index in [1.54, 1.807) is 11.8 Å². The van der Waals surface area contributed by atoms with Crippen LogP contribution in [0.5, 0.6) is 5.88 Å². The van der Waals surface area contributed by atoms with Crippen LogP contribution in [0.2, 0.25) is 0 Å². The van der Waals surface area contributed by atoms with Crippen molar-refractivity contribution in [1.82, 2.24) is 14.7 Å². The molecule has 0 aliphatic carbocycles. The van der Waals surface area contributed by atoms with E-state index in [0.717, 1.165) is 24.3 Å². The van der Waals surface area contributed by atoms with E-state index in [-0.39, 0.29) is 6.04 Å². The number of hydrogen-bond acceptors (Lipinski definition) is 4. The van der Waals surface area contributed by atoms with Crippen molar-refractivity contribution in [2.75, 3.05) is 20.2 Å². The average molecular weight is 236 g/mol. The summed E-state index contributed by atoms with van der Waals surface area (Å²) in [6.07, 6.45) is 0. The molecule has 0 fully saturated rings. The van der Waals surface area contributed by atoms with Crippen LogP contribution >= 0.6 is 0 Å². The molecule has 1 rings (SSSR count). The summed E-state index contributed by atoms with van der Waals surface area (Å²) >= 11 is 0. The third-order valence-corrected chi connectivity index (χ3v) is 2.98. The van der Waals surface area contributed by atoms with Gasteiger partial charge in [-0.15, -0.1) is 0 Å². The third kappa shape index (κ3) is 2.42. The van der Waals surface area contributed by atoms with Crippen LogP contribution in [0.3, 0.4) is 0 Å². The van der Waals surface area contributed by atoms with E-state index < -0.39 is 0 Å². The molecule has 1 atom stereocenters. The fourth-order valence-corrected chi connectivity index (χ4v) is 2.13. The smallest absolute Gasteiger partial charge is 0.217 e. The van der Waals surface area contributed by atoms with Crippen molar-refractivity contribution in [1.29, 1.82) is 5.26 Å². The zero-order valence-electron chi connectivity index (χ0n) is 11.2. The summed E-state index contributed by atoms with van der Waals surface area (Å²) in [4.78, 5) is 2.09. The number of aryl methyl sites for hydroxylation is 2. The first-order chi connectivity index (χ1) is 8.10. The minimum absolute atomic E-state index is 0.298. The molecule has 0 aliphatic rings. The van der Waals surface area contributed by atoms with Crippen molar-refractivity contribution in [3.05, 3.63) is 11.3 Å². The fraction of sp³-hybridized carbons (Fsp3) is 0.667. The minimum atomic E-state index is -0.298. The van der Waals surface area contributed by atoms with Gasteiger partial charge < -0.3 is 4.74 Å². The highest BCUT2D eigenvalue weighted by atomic mass is 16.5. The van der Waals surface area contributed by atoms with Crippen LogP contribution < -0.4 is 4.74 Å². The van der Waals surface area contributed by atoms with E-state index >= 15 is 0 Å². The molecular weight excluding hydrogens is 216 g/mol. The Labute approximate surface area is 103 Å². The SMILES string of the molecule is CCN(CC)C(C#N)c1c(C)nn(C)c1OC. The molecule has 5 heteroatoms. The molecule has 0 bridgehead atoms. The number of methoxy groups -OCH3 is 1. The largest absolute Gasteiger partial charge is 0.481 e. The lowest BCUT2D eigenvalue weighted by Gasteiger charge is -2.24. The first-order valence-corrected chi connectivity index (χ1v) is 5.81. The highest BCUT2D eigenvalue weighted by Gasteiger charge is 2.26. The predicted molar refractivity (Wildman–Crippen MR) is 65.8 cm³/mol. The standard InChI is InChI=1S/C12H20N4O/c1-6-16(7-2)10(8-13)11-9(3)14-15(4)12(11)17-5/h10H,6-7H2,1-5H3. The Bertz CT molecular complexity index is 415. The van der Waals surface area contributed by atoms with E-state index in [4.69, 9.17) is 4.74 Å². The van der Waals surface area contributed by atoms with E-state index in [0.29, 0.717) is 5.88 Å². The maximum Gasteiger partial charge on any atom is 0.217 e. The molecule has 1 aromatic rings. The van der Waals surface area contributed by atoms with Gasteiger partial charge in [-0.25, -0.2) is 4.68 Å². The van der Waals surface area contributed by atoms with Gasteiger partial charge in [-0.05, 0) is 20.0 Å². The van der Waals surface area contributed by atoms with Gasteiger partial charge in [-0.3, -0.25) is 4.90 Å². The van der Waals surface area contributed by atoms with Gasteiger partial charge in [0.25, 0.3) is 0 Å². The summed E-state index contributed by atoms with van der Waals surface area (Å²) in [5.41, 5.74) is 1.73. The molecule has 0 aromatic carbocycles. The second kappa shape index (κ2) is 5.69. The highest BCUT2D eigenvalue weighted by molar-refractivity contribution is 5.37. The molecule has 0 amide bonds. The Morgan fingerprint density at radius 1 is 1.47 bits per heavy atom. The molecule has 1 aromatic heterocycles. The molecule has 0 N–H and O–H groups in total. The lowest BCUT2D eigenvalue weighted by molar-refractivity contribution is 0.254. The number of hydrogen-bond donors (Lipinski definition) is 0. The third-order valence-electron chi connectivity index (χ3n) is 2.98. The van der Waals surface area contributed by atoms with Crippen LogP contribution in [0.15, 0.2) is 0 Å². The maximum atomic E-state index is 9.38. The van der Waals surface area contributed by atoms with Crippen molar-refractivity contribution in [2.45, 2.75) is 26.8 Å². The van der Waals surface area contributed by atoms with Crippen molar-refractivity contribution >= 4 is 0 Å². The van der Waals surface area contributed by atoms with E-state index in [1.807, 2.05) is 27.8 Å². The number of rotatable bonds is 5. The van der Waals surface area contributed by atoms with Crippen LogP contribution in [0.1, 0.15) is 31.1 Å². The lowest BCUT2D eigenvalue weighted by Crippen LogP contribution is -2.28. The Hall–Kier alpha value is -1.54. The van der Waals surface area contributed by atoms with Crippen molar-refractivity contribution in [2.24, 2.45) is 7.05 Å². The molecule has 0 saturated heterocycles. The molecule has 1 unspecified atom stereocenters. The molecule has 17 heavy (non-hydrogen) atoms. The number of ether oxygens (including phenoxy) is 1. The highest BCUT2D eigenvalue weighted by Crippen LogP contribution is 2.31. The second-order valence-electron chi connectivity index (χ2n) is 3.88. The maximum absolute atomic E-state index is 9.38. The monoisotopic (exact) mass is 236 g/mol. The lowest BCUT2D eigenvalue weighted by atomic mass is 10.1. The zero-order valence-corrected chi connectivity index (χ0v) is 11.2. The van der Waals surface area contributed by atoms with Gasteiger partial charge in [-0.2, -0.15) is 10.4 Å². The van der Waals surface area contributed by atoms with E-state index in [9.17, 15) is 5.26 Å². The van der Waals surface area contributed by atoms with Crippen molar-refractivity contribution < 1.29 is 4.74 Å². The fourth-order valence-electron chi connectivity index (χ4n) is 2.13. The van der Waals surface area contributed by atoms with Crippen molar-refractivity contribution in [3.8, 4) is 11.9 Å². The first-order valence-electron chi connectivity index (χ1n) is 5.81. The molecule has 0 spiro atoms. The molecule has 0 aliphatic heterocycles. The molecular formula is C12H20N4O. The first kappa shape index (κ1) is 13.5. The summed E-state index contributed by atoms with van der Waals surface area (Å²) in [7, 11) is 3.43. The molecule has 1 heterocycles. The van der Waals surface area contributed by atoms with Crippen molar-refractivity contribution in [3.63, 3.8) is 0 Å². The van der Waals surface area contributed by atoms with Gasteiger partial charge in [0.1, 0.15) is 6.04 Å². The van der Waals surface area contributed by atoms with Crippen LogP contribution in [0.4, 0.5) is 0 Å². The minimum Gasteiger partial charge on any atom is -0.481 e. The van der Waals surface area contributed by atoms with Gasteiger partial charge in [0.05, 0.1) is 24.4 Å². The van der Waals surface area contributed by atoms with Gasteiger partial charge in [-0.1, -0.05) is 13.8 Å². The summed E-state index contributed by atoms with van der Waals surface area (Å²) in [5, 5.41) is 13.7. The van der Waals surface area contributed by atoms with E-state index in [1.165, 1.54) is 0 Å². The Kier molecular flexibility index (Phi) is 4.53. The molecule has 0 saturated carbocycles. The summed E-state index contributed by atoms with van der Waals surface area (Å²) < 4.78 is 7.02. The summed E-state index contributed by atoms with van der Waals surface area (Å²) in [5.74, 6) is 0.668. The quantitative estimate of drug-likeness (QED) is 0.780. The topological polar surface area (TPSA) is 54.1 Å². The molecule has 0 radical (unpaired) electrons. The van der Waals surface area contributed by atoms with Crippen LogP contribution in [0.25, 0.3) is 0 Å². The van der Waals surface area contributed by atoms with E-state index in [2.05, 4.69) is 16.1 Å². The zero-order chi connectivity index (χ0) is 13.0. The number of aromatic nitrogens is 2. The Morgan fingerprint density at radius 2 is 2.06 bits per heavy atom. The van der Waals surface area contributed by atoms with Gasteiger partial charge >= 0.3 is 0 Å². The predicted octanol–water partition coefficient (Wildman–Crippen LogP) is 1.64. The molecule has 5 nitrogen and oxygen atoms in total. The second-order valence-corrected chi connectivity index (χ2v) is 3.88. The Morgan fingerprint density at radius 3 is 2.47 bits per heavy atom. The molecule has 94 valence electrons. The number of nitriles is 1. The summed E-state index contributed by atoms with van der Waals surface area (Å²) in [6, 6.07) is 2.04. The van der Waals surface area contributed by atoms with Crippen LogP contribution in [-0.4, -0.2) is 34.9 Å². The van der Waals surface area contributed by atoms with Crippen LogP contribution in [0, 0.1) is 18.3 Å². The Balaban J connectivity index is 3.25. The average Bonchev–Trinajstić information content (AvgIpc) is 2.60. The van der Waals surface area contributed by atoms with Gasteiger partial charge in [0, 0.05) is 7.05 Å². The summed E-state index contributed by atoms with van der Waals surface area (Å²) in [6.45, 7) is 7.65. The van der Waals surface area contributed by atoms with Crippen LogP contribution in [-0.2, 0) is 7.05 Å². The van der Waals surface area contributed by atoms with Gasteiger partial charge in [0.2, 0.25) is 5.88 Å². The number of nitrogens with zero attached hydrogens (tertiary/aromatic N) is 4. The normalized spacial score (nSPS) is 12.5.